The molecule has 102 valence electrons. The van der Waals surface area contributed by atoms with Crippen molar-refractivity contribution in [2.24, 2.45) is 5.73 Å². The fourth-order valence-corrected chi connectivity index (χ4v) is 2.88. The molecule has 0 radical (unpaired) electrons. The molecule has 2 N–H and O–H groups in total. The summed E-state index contributed by atoms with van der Waals surface area (Å²) in [5.74, 6) is -0.438. The van der Waals surface area contributed by atoms with E-state index in [0.29, 0.717) is 0 Å². The minimum atomic E-state index is -0.438. The highest BCUT2D eigenvalue weighted by atomic mass is 35.5. The lowest BCUT2D eigenvalue weighted by Gasteiger charge is -2.15. The number of hydrogen-bond donors (Lipinski definition) is 1. The quantitative estimate of drug-likeness (QED) is 0.898. The fraction of sp³-hybridized carbons (Fsp3) is 0.357. The van der Waals surface area contributed by atoms with Crippen LogP contribution in [0, 0.1) is 5.82 Å². The highest BCUT2D eigenvalue weighted by Crippen LogP contribution is 2.30. The predicted molar refractivity (Wildman–Crippen MR) is 78.3 cm³/mol. The third kappa shape index (κ3) is 3.14. The Kier molecular flexibility index (Phi) is 3.95. The maximum atomic E-state index is 13.1. The molecule has 1 atom stereocenters. The standard InChI is InChI=1S/C14H16ClFN2S/c1-14(2,3)11-7-19-13(18-11)12(17)8-4-5-10(16)9(15)6-8/h4-7,12H,17H2,1-3H3. The van der Waals surface area contributed by atoms with E-state index in [2.05, 4.69) is 25.8 Å². The molecule has 5 heteroatoms. The number of aromatic nitrogens is 1. The van der Waals surface area contributed by atoms with Crippen molar-refractivity contribution < 1.29 is 4.39 Å². The molecule has 1 heterocycles. The van der Waals surface area contributed by atoms with E-state index in [1.165, 1.54) is 17.4 Å². The maximum absolute atomic E-state index is 13.1. The second-order valence-corrected chi connectivity index (χ2v) is 6.77. The van der Waals surface area contributed by atoms with Gasteiger partial charge in [-0.05, 0) is 17.7 Å². The molecule has 0 aliphatic rings. The lowest BCUT2D eigenvalue weighted by Crippen LogP contribution is -2.15. The molecule has 0 bridgehead atoms. The van der Waals surface area contributed by atoms with E-state index in [1.54, 1.807) is 12.1 Å². The minimum absolute atomic E-state index is 0.00505. The normalized spacial score (nSPS) is 13.6. The average molecular weight is 299 g/mol. The van der Waals surface area contributed by atoms with E-state index in [4.69, 9.17) is 17.3 Å². The second kappa shape index (κ2) is 5.19. The molecule has 0 aliphatic carbocycles. The predicted octanol–water partition coefficient (Wildman–Crippen LogP) is 4.28. The van der Waals surface area contributed by atoms with Crippen molar-refractivity contribution >= 4 is 22.9 Å². The van der Waals surface area contributed by atoms with Gasteiger partial charge in [-0.15, -0.1) is 11.3 Å². The third-order valence-corrected chi connectivity index (χ3v) is 4.08. The number of nitrogens with two attached hydrogens (primary N) is 1. The molecule has 1 unspecified atom stereocenters. The van der Waals surface area contributed by atoms with Crippen LogP contribution in [0.5, 0.6) is 0 Å². The van der Waals surface area contributed by atoms with Gasteiger partial charge in [0.1, 0.15) is 10.8 Å². The van der Waals surface area contributed by atoms with Crippen molar-refractivity contribution in [3.05, 3.63) is 50.7 Å². The number of benzene rings is 1. The summed E-state index contributed by atoms with van der Waals surface area (Å²) < 4.78 is 13.1. The Bertz CT molecular complexity index is 589. The highest BCUT2D eigenvalue weighted by Gasteiger charge is 2.20. The number of thiazole rings is 1. The van der Waals surface area contributed by atoms with Crippen LogP contribution < -0.4 is 5.73 Å². The lowest BCUT2D eigenvalue weighted by atomic mass is 9.93. The largest absolute Gasteiger partial charge is 0.318 e. The topological polar surface area (TPSA) is 38.9 Å². The third-order valence-electron chi connectivity index (χ3n) is 2.86. The van der Waals surface area contributed by atoms with Crippen molar-refractivity contribution in [2.75, 3.05) is 0 Å². The summed E-state index contributed by atoms with van der Waals surface area (Å²) in [5.41, 5.74) is 7.93. The van der Waals surface area contributed by atoms with Gasteiger partial charge in [-0.1, -0.05) is 38.4 Å². The number of rotatable bonds is 2. The van der Waals surface area contributed by atoms with Gasteiger partial charge >= 0.3 is 0 Å². The summed E-state index contributed by atoms with van der Waals surface area (Å²) >= 11 is 7.29. The van der Waals surface area contributed by atoms with Gasteiger partial charge in [-0.3, -0.25) is 0 Å². The van der Waals surface area contributed by atoms with Gasteiger partial charge in [0.25, 0.3) is 0 Å². The second-order valence-electron chi connectivity index (χ2n) is 5.47. The first kappa shape index (κ1) is 14.4. The Balaban J connectivity index is 2.31. The van der Waals surface area contributed by atoms with Crippen molar-refractivity contribution in [1.82, 2.24) is 4.98 Å². The van der Waals surface area contributed by atoms with Crippen molar-refractivity contribution in [3.8, 4) is 0 Å². The van der Waals surface area contributed by atoms with Gasteiger partial charge < -0.3 is 5.73 Å². The first-order valence-electron chi connectivity index (χ1n) is 5.95. The Hall–Kier alpha value is -0.970. The van der Waals surface area contributed by atoms with E-state index < -0.39 is 5.82 Å². The molecule has 2 aromatic rings. The molecule has 0 amide bonds. The van der Waals surface area contributed by atoms with E-state index in [9.17, 15) is 4.39 Å². The van der Waals surface area contributed by atoms with Crippen LogP contribution in [0.4, 0.5) is 4.39 Å². The van der Waals surface area contributed by atoms with E-state index in [-0.39, 0.29) is 16.5 Å². The lowest BCUT2D eigenvalue weighted by molar-refractivity contribution is 0.569. The zero-order valence-electron chi connectivity index (χ0n) is 11.1. The highest BCUT2D eigenvalue weighted by molar-refractivity contribution is 7.09. The minimum Gasteiger partial charge on any atom is -0.318 e. The Morgan fingerprint density at radius 2 is 2.05 bits per heavy atom. The summed E-state index contributed by atoms with van der Waals surface area (Å²) in [4.78, 5) is 4.57. The van der Waals surface area contributed by atoms with Crippen LogP contribution in [0.25, 0.3) is 0 Å². The first-order chi connectivity index (χ1) is 8.79. The molecular weight excluding hydrogens is 283 g/mol. The van der Waals surface area contributed by atoms with Crippen molar-refractivity contribution in [3.63, 3.8) is 0 Å². The van der Waals surface area contributed by atoms with E-state index >= 15 is 0 Å². The molecule has 0 spiro atoms. The van der Waals surface area contributed by atoms with E-state index in [1.807, 2.05) is 5.38 Å². The summed E-state index contributed by atoms with van der Waals surface area (Å²) in [6.07, 6.45) is 0. The average Bonchev–Trinajstić information content (AvgIpc) is 2.81. The summed E-state index contributed by atoms with van der Waals surface area (Å²) in [5, 5.41) is 2.91. The fourth-order valence-electron chi connectivity index (χ4n) is 1.62. The van der Waals surface area contributed by atoms with Gasteiger partial charge in [0.2, 0.25) is 0 Å². The Morgan fingerprint density at radius 1 is 1.37 bits per heavy atom. The van der Waals surface area contributed by atoms with Crippen LogP contribution in [-0.4, -0.2) is 4.98 Å². The van der Waals surface area contributed by atoms with Gasteiger partial charge in [0.05, 0.1) is 16.8 Å². The zero-order chi connectivity index (χ0) is 14.2. The molecule has 0 saturated heterocycles. The van der Waals surface area contributed by atoms with Gasteiger partial charge in [-0.2, -0.15) is 0 Å². The van der Waals surface area contributed by atoms with Crippen LogP contribution in [0.15, 0.2) is 23.6 Å². The number of halogens is 2. The van der Waals surface area contributed by atoms with Gasteiger partial charge in [0.15, 0.2) is 0 Å². The summed E-state index contributed by atoms with van der Waals surface area (Å²) in [6.45, 7) is 6.31. The molecule has 0 saturated carbocycles. The molecule has 0 aliphatic heterocycles. The van der Waals surface area contributed by atoms with Crippen molar-refractivity contribution in [2.45, 2.75) is 32.2 Å². The smallest absolute Gasteiger partial charge is 0.141 e. The van der Waals surface area contributed by atoms with E-state index in [0.717, 1.165) is 16.3 Å². The molecule has 0 fully saturated rings. The maximum Gasteiger partial charge on any atom is 0.141 e. The molecular formula is C14H16ClFN2S. The molecule has 1 aromatic carbocycles. The zero-order valence-corrected chi connectivity index (χ0v) is 12.6. The van der Waals surface area contributed by atoms with Crippen molar-refractivity contribution in [1.29, 1.82) is 0 Å². The number of nitrogens with zero attached hydrogens (tertiary/aromatic N) is 1. The van der Waals surface area contributed by atoms with Gasteiger partial charge in [0, 0.05) is 10.8 Å². The molecule has 2 rings (SSSR count). The SMILES string of the molecule is CC(C)(C)c1csc(C(N)c2ccc(F)c(Cl)c2)n1. The molecule has 2 nitrogen and oxygen atoms in total. The van der Waals surface area contributed by atoms with Crippen LogP contribution in [-0.2, 0) is 5.41 Å². The number of hydrogen-bond acceptors (Lipinski definition) is 3. The first-order valence-corrected chi connectivity index (χ1v) is 7.21. The Labute approximate surface area is 121 Å². The molecule has 1 aromatic heterocycles. The van der Waals surface area contributed by atoms with Gasteiger partial charge in [-0.25, -0.2) is 9.37 Å². The summed E-state index contributed by atoms with van der Waals surface area (Å²) in [7, 11) is 0. The van der Waals surface area contributed by atoms with Crippen LogP contribution >= 0.6 is 22.9 Å². The van der Waals surface area contributed by atoms with Crippen LogP contribution in [0.1, 0.15) is 43.1 Å². The van der Waals surface area contributed by atoms with Crippen LogP contribution in [0.3, 0.4) is 0 Å². The summed E-state index contributed by atoms with van der Waals surface area (Å²) in [6, 6.07) is 4.15. The van der Waals surface area contributed by atoms with Crippen LogP contribution in [0.2, 0.25) is 5.02 Å². The Morgan fingerprint density at radius 3 is 2.58 bits per heavy atom. The molecule has 19 heavy (non-hydrogen) atoms. The monoisotopic (exact) mass is 298 g/mol.